The molecule has 0 saturated carbocycles. The quantitative estimate of drug-likeness (QED) is 0.468. The van der Waals surface area contributed by atoms with Crippen molar-refractivity contribution in [2.75, 3.05) is 30.0 Å². The molecule has 26 heavy (non-hydrogen) atoms. The highest BCUT2D eigenvalue weighted by Crippen LogP contribution is 2.31. The highest BCUT2D eigenvalue weighted by atomic mass is 19.1. The Balaban J connectivity index is 2.28. The summed E-state index contributed by atoms with van der Waals surface area (Å²) in [6.45, 7) is 2.02. The third-order valence-electron chi connectivity index (χ3n) is 3.45. The lowest BCUT2D eigenvalue weighted by Crippen LogP contribution is -2.32. The number of aromatic nitrogens is 2. The lowest BCUT2D eigenvalue weighted by molar-refractivity contribution is -0.383. The van der Waals surface area contributed by atoms with Crippen molar-refractivity contribution in [2.45, 2.75) is 6.92 Å². The van der Waals surface area contributed by atoms with Gasteiger partial charge in [0.05, 0.1) is 17.1 Å². The van der Waals surface area contributed by atoms with Gasteiger partial charge in [-0.05, 0) is 19.1 Å². The molecular weight excluding hydrogens is 347 g/mol. The SMILES string of the molecule is CCN(CCO)c1ncnc(NNC(=O)c2ccccc2F)c1[N+](=O)[O-]. The summed E-state index contributed by atoms with van der Waals surface area (Å²) >= 11 is 0. The van der Waals surface area contributed by atoms with E-state index in [0.717, 1.165) is 12.4 Å². The van der Waals surface area contributed by atoms with Crippen LogP contribution < -0.4 is 15.8 Å². The Morgan fingerprint density at radius 2 is 2.12 bits per heavy atom. The first kappa shape index (κ1) is 19.0. The van der Waals surface area contributed by atoms with Crippen molar-refractivity contribution in [1.82, 2.24) is 15.4 Å². The molecule has 2 aromatic rings. The Bertz CT molecular complexity index is 803. The molecule has 0 aliphatic heterocycles. The minimum atomic E-state index is -0.819. The molecule has 138 valence electrons. The van der Waals surface area contributed by atoms with Crippen LogP contribution >= 0.6 is 0 Å². The number of rotatable bonds is 8. The van der Waals surface area contributed by atoms with Crippen molar-refractivity contribution >= 4 is 23.2 Å². The number of carbonyl (C=O) groups is 1. The molecule has 0 aliphatic carbocycles. The Hall–Kier alpha value is -3.34. The van der Waals surface area contributed by atoms with Gasteiger partial charge in [-0.1, -0.05) is 12.1 Å². The second-order valence-corrected chi connectivity index (χ2v) is 5.01. The van der Waals surface area contributed by atoms with Crippen LogP contribution in [0, 0.1) is 15.9 Å². The molecule has 0 bridgehead atoms. The second kappa shape index (κ2) is 8.67. The number of halogens is 1. The van der Waals surface area contributed by atoms with E-state index >= 15 is 0 Å². The lowest BCUT2D eigenvalue weighted by atomic mass is 10.2. The fourth-order valence-electron chi connectivity index (χ4n) is 2.22. The van der Waals surface area contributed by atoms with Crippen molar-refractivity contribution < 1.29 is 19.2 Å². The Kier molecular flexibility index (Phi) is 6.33. The van der Waals surface area contributed by atoms with Crippen molar-refractivity contribution in [3.8, 4) is 0 Å². The standard InChI is InChI=1S/C15H17FN6O4/c1-2-21(7-8-23)14-12(22(25)26)13(17-9-18-14)19-20-15(24)10-5-3-4-6-11(10)16/h3-6,9,23H,2,7-8H2,1H3,(H,20,24)(H,17,18,19). The van der Waals surface area contributed by atoms with Gasteiger partial charge in [-0.2, -0.15) is 0 Å². The van der Waals surface area contributed by atoms with E-state index in [-0.39, 0.29) is 30.4 Å². The average molecular weight is 364 g/mol. The lowest BCUT2D eigenvalue weighted by Gasteiger charge is -2.21. The van der Waals surface area contributed by atoms with Crippen LogP contribution in [0.15, 0.2) is 30.6 Å². The van der Waals surface area contributed by atoms with Crippen molar-refractivity contribution in [2.24, 2.45) is 0 Å². The normalized spacial score (nSPS) is 10.3. The third kappa shape index (κ3) is 4.19. The first-order valence-electron chi connectivity index (χ1n) is 7.65. The summed E-state index contributed by atoms with van der Waals surface area (Å²) in [5, 5.41) is 20.6. The number of benzene rings is 1. The molecule has 2 rings (SSSR count). The van der Waals surface area contributed by atoms with Gasteiger partial charge in [0.1, 0.15) is 12.1 Å². The smallest absolute Gasteiger partial charge is 0.355 e. The zero-order valence-electron chi connectivity index (χ0n) is 13.8. The van der Waals surface area contributed by atoms with Crippen molar-refractivity contribution in [3.05, 3.63) is 52.1 Å². The molecule has 0 fully saturated rings. The van der Waals surface area contributed by atoms with E-state index in [1.165, 1.54) is 23.1 Å². The molecule has 11 heteroatoms. The summed E-state index contributed by atoms with van der Waals surface area (Å²) in [5.41, 5.74) is 3.80. The number of nitrogens with zero attached hydrogens (tertiary/aromatic N) is 4. The summed E-state index contributed by atoms with van der Waals surface area (Å²) in [6.07, 6.45) is 1.08. The molecule has 1 amide bonds. The maximum absolute atomic E-state index is 13.6. The molecule has 1 aromatic heterocycles. The highest BCUT2D eigenvalue weighted by Gasteiger charge is 2.26. The summed E-state index contributed by atoms with van der Waals surface area (Å²) in [4.78, 5) is 31.9. The second-order valence-electron chi connectivity index (χ2n) is 5.01. The Labute approximate surface area is 147 Å². The van der Waals surface area contributed by atoms with Crippen LogP contribution in [0.3, 0.4) is 0 Å². The van der Waals surface area contributed by atoms with Gasteiger partial charge in [0, 0.05) is 13.1 Å². The van der Waals surface area contributed by atoms with Crippen LogP contribution in [-0.4, -0.2) is 45.6 Å². The first-order chi connectivity index (χ1) is 12.5. The van der Waals surface area contributed by atoms with Gasteiger partial charge in [0.2, 0.25) is 11.6 Å². The van der Waals surface area contributed by atoms with Crippen molar-refractivity contribution in [3.63, 3.8) is 0 Å². The number of hydrogen-bond donors (Lipinski definition) is 3. The highest BCUT2D eigenvalue weighted by molar-refractivity contribution is 5.95. The molecule has 0 spiro atoms. The van der Waals surface area contributed by atoms with Gasteiger partial charge in [-0.3, -0.25) is 25.8 Å². The van der Waals surface area contributed by atoms with E-state index in [1.807, 2.05) is 0 Å². The minimum absolute atomic E-state index is 0.0100. The van der Waals surface area contributed by atoms with E-state index in [1.54, 1.807) is 6.92 Å². The summed E-state index contributed by atoms with van der Waals surface area (Å²) in [5.74, 6) is -1.82. The predicted molar refractivity (Wildman–Crippen MR) is 91.1 cm³/mol. The monoisotopic (exact) mass is 364 g/mol. The van der Waals surface area contributed by atoms with E-state index in [2.05, 4.69) is 20.8 Å². The summed E-state index contributed by atoms with van der Waals surface area (Å²) < 4.78 is 13.6. The molecule has 10 nitrogen and oxygen atoms in total. The van der Waals surface area contributed by atoms with Crippen LogP contribution in [0.25, 0.3) is 0 Å². The average Bonchev–Trinajstić information content (AvgIpc) is 2.64. The first-order valence-corrected chi connectivity index (χ1v) is 7.65. The largest absolute Gasteiger partial charge is 0.395 e. The third-order valence-corrected chi connectivity index (χ3v) is 3.45. The minimum Gasteiger partial charge on any atom is -0.395 e. The van der Waals surface area contributed by atoms with Crippen LogP contribution in [0.5, 0.6) is 0 Å². The van der Waals surface area contributed by atoms with Gasteiger partial charge in [-0.25, -0.2) is 14.4 Å². The number of nitrogens with one attached hydrogen (secondary N) is 2. The fourth-order valence-corrected chi connectivity index (χ4v) is 2.22. The number of amides is 1. The number of aliphatic hydroxyl groups is 1. The molecule has 3 N–H and O–H groups in total. The zero-order chi connectivity index (χ0) is 19.1. The van der Waals surface area contributed by atoms with E-state index in [0.29, 0.717) is 6.54 Å². The van der Waals surface area contributed by atoms with E-state index in [4.69, 9.17) is 5.11 Å². The van der Waals surface area contributed by atoms with Crippen LogP contribution in [0.1, 0.15) is 17.3 Å². The fraction of sp³-hybridized carbons (Fsp3) is 0.267. The topological polar surface area (TPSA) is 134 Å². The molecule has 0 unspecified atom stereocenters. The van der Waals surface area contributed by atoms with Crippen molar-refractivity contribution in [1.29, 1.82) is 0 Å². The van der Waals surface area contributed by atoms with E-state index in [9.17, 15) is 19.3 Å². The van der Waals surface area contributed by atoms with Crippen LogP contribution in [0.4, 0.5) is 21.7 Å². The van der Waals surface area contributed by atoms with Crippen LogP contribution in [0.2, 0.25) is 0 Å². The van der Waals surface area contributed by atoms with Gasteiger partial charge < -0.3 is 10.0 Å². The van der Waals surface area contributed by atoms with Gasteiger partial charge in [0.15, 0.2) is 0 Å². The number of aliphatic hydroxyl groups excluding tert-OH is 1. The molecule has 0 radical (unpaired) electrons. The molecular formula is C15H17FN6O4. The summed E-state index contributed by atoms with van der Waals surface area (Å²) in [6, 6.07) is 5.30. The molecule has 0 saturated heterocycles. The number of hydrogen-bond acceptors (Lipinski definition) is 8. The summed E-state index contributed by atoms with van der Waals surface area (Å²) in [7, 11) is 0. The number of carbonyl (C=O) groups excluding carboxylic acids is 1. The Morgan fingerprint density at radius 3 is 2.73 bits per heavy atom. The Morgan fingerprint density at radius 1 is 1.38 bits per heavy atom. The van der Waals surface area contributed by atoms with Crippen LogP contribution in [-0.2, 0) is 0 Å². The predicted octanol–water partition coefficient (Wildman–Crippen LogP) is 1.10. The molecule has 1 aromatic carbocycles. The van der Waals surface area contributed by atoms with Gasteiger partial charge in [-0.15, -0.1) is 0 Å². The zero-order valence-corrected chi connectivity index (χ0v) is 13.8. The van der Waals surface area contributed by atoms with E-state index < -0.39 is 22.3 Å². The maximum Gasteiger partial charge on any atom is 0.355 e. The molecule has 0 aliphatic rings. The van der Waals surface area contributed by atoms with Gasteiger partial charge in [0.25, 0.3) is 5.91 Å². The maximum atomic E-state index is 13.6. The van der Waals surface area contributed by atoms with Gasteiger partial charge >= 0.3 is 5.69 Å². The molecule has 0 atom stereocenters. The number of hydrazine groups is 1. The number of nitro groups is 1. The molecule has 1 heterocycles. The number of anilines is 2. The number of likely N-dealkylation sites (N-methyl/N-ethyl adjacent to an activating group) is 1.